The molecular weight excluding hydrogens is 210 g/mol. The first kappa shape index (κ1) is 10.5. The van der Waals surface area contributed by atoms with Crippen LogP contribution in [0.4, 0.5) is 5.69 Å². The van der Waals surface area contributed by atoms with Gasteiger partial charge in [-0.2, -0.15) is 0 Å². The Morgan fingerprint density at radius 2 is 2.00 bits per heavy atom. The number of benzene rings is 1. The van der Waals surface area contributed by atoms with Crippen molar-refractivity contribution in [3.8, 4) is 0 Å². The lowest BCUT2D eigenvalue weighted by Crippen LogP contribution is -2.32. The Hall–Kier alpha value is -1.03. The van der Waals surface area contributed by atoms with E-state index in [-0.39, 0.29) is 11.8 Å². The van der Waals surface area contributed by atoms with Gasteiger partial charge in [-0.05, 0) is 38.0 Å². The average molecular weight is 225 g/mol. The summed E-state index contributed by atoms with van der Waals surface area (Å²) < 4.78 is 24.0. The lowest BCUT2D eigenvalue weighted by Gasteiger charge is -2.25. The summed E-state index contributed by atoms with van der Waals surface area (Å²) in [6, 6.07) is 3.80. The van der Waals surface area contributed by atoms with E-state index in [2.05, 4.69) is 5.32 Å². The third kappa shape index (κ3) is 1.74. The van der Waals surface area contributed by atoms with Crippen molar-refractivity contribution in [1.82, 2.24) is 0 Å². The third-order valence-corrected chi connectivity index (χ3v) is 4.70. The van der Waals surface area contributed by atoms with E-state index >= 15 is 0 Å². The Morgan fingerprint density at radius 1 is 1.33 bits per heavy atom. The molecule has 1 aliphatic heterocycles. The fraction of sp³-hybridized carbons (Fsp3) is 0.455. The van der Waals surface area contributed by atoms with Gasteiger partial charge in [0.2, 0.25) is 0 Å². The van der Waals surface area contributed by atoms with Crippen molar-refractivity contribution < 1.29 is 8.42 Å². The van der Waals surface area contributed by atoms with E-state index in [1.54, 1.807) is 0 Å². The second-order valence-corrected chi connectivity index (χ2v) is 6.26. The zero-order valence-corrected chi connectivity index (χ0v) is 9.98. The molecule has 0 aliphatic carbocycles. The Kier molecular flexibility index (Phi) is 2.26. The summed E-state index contributed by atoms with van der Waals surface area (Å²) >= 11 is 0. The minimum absolute atomic E-state index is 0.0105. The van der Waals surface area contributed by atoms with Crippen LogP contribution in [0.5, 0.6) is 0 Å². The van der Waals surface area contributed by atoms with Crippen LogP contribution in [0.3, 0.4) is 0 Å². The van der Waals surface area contributed by atoms with Gasteiger partial charge in [0, 0.05) is 6.04 Å². The van der Waals surface area contributed by atoms with Crippen LogP contribution in [0.15, 0.2) is 17.0 Å². The summed E-state index contributed by atoms with van der Waals surface area (Å²) in [4.78, 5) is 0.478. The maximum Gasteiger partial charge on any atom is 0.182 e. The number of rotatable bonds is 0. The van der Waals surface area contributed by atoms with Crippen molar-refractivity contribution in [1.29, 1.82) is 0 Å². The molecule has 0 radical (unpaired) electrons. The molecular formula is C11H15NO2S. The van der Waals surface area contributed by atoms with Crippen LogP contribution in [0.2, 0.25) is 0 Å². The molecule has 0 bridgehead atoms. The number of anilines is 1. The molecule has 0 spiro atoms. The van der Waals surface area contributed by atoms with Gasteiger partial charge in [-0.1, -0.05) is 6.07 Å². The van der Waals surface area contributed by atoms with Crippen molar-refractivity contribution in [3.63, 3.8) is 0 Å². The quantitative estimate of drug-likeness (QED) is 0.733. The van der Waals surface area contributed by atoms with Crippen LogP contribution >= 0.6 is 0 Å². The van der Waals surface area contributed by atoms with Gasteiger partial charge in [-0.25, -0.2) is 8.42 Å². The van der Waals surface area contributed by atoms with E-state index in [4.69, 9.17) is 0 Å². The predicted molar refractivity (Wildman–Crippen MR) is 61.1 cm³/mol. The van der Waals surface area contributed by atoms with Crippen molar-refractivity contribution >= 4 is 15.5 Å². The minimum atomic E-state index is -3.10. The first-order valence-corrected chi connectivity index (χ1v) is 6.66. The van der Waals surface area contributed by atoms with Gasteiger partial charge in [0.25, 0.3) is 0 Å². The number of sulfone groups is 1. The average Bonchev–Trinajstić information content (AvgIpc) is 1.97. The zero-order chi connectivity index (χ0) is 11.2. The predicted octanol–water partition coefficient (Wildman–Crippen LogP) is 1.89. The number of nitrogens with one attached hydrogen (secondary N) is 1. The van der Waals surface area contributed by atoms with Crippen LogP contribution in [0.1, 0.15) is 18.1 Å². The highest BCUT2D eigenvalue weighted by Gasteiger charge is 2.29. The molecule has 0 amide bonds. The second-order valence-electron chi connectivity index (χ2n) is 4.29. The fourth-order valence-electron chi connectivity index (χ4n) is 2.19. The topological polar surface area (TPSA) is 46.2 Å². The Balaban J connectivity index is 2.73. The summed E-state index contributed by atoms with van der Waals surface area (Å²) in [5.74, 6) is 0.184. The van der Waals surface area contributed by atoms with Crippen LogP contribution in [0, 0.1) is 13.8 Å². The van der Waals surface area contributed by atoms with Crippen LogP contribution in [-0.2, 0) is 9.84 Å². The molecule has 0 saturated carbocycles. The van der Waals surface area contributed by atoms with Gasteiger partial charge in [-0.15, -0.1) is 0 Å². The zero-order valence-electron chi connectivity index (χ0n) is 9.16. The van der Waals surface area contributed by atoms with E-state index in [1.165, 1.54) is 0 Å². The molecule has 1 N–H and O–H groups in total. The smallest absolute Gasteiger partial charge is 0.182 e. The maximum absolute atomic E-state index is 12.0. The third-order valence-electron chi connectivity index (χ3n) is 2.60. The molecule has 0 aromatic heterocycles. The molecule has 1 aliphatic rings. The monoisotopic (exact) mass is 225 g/mol. The van der Waals surface area contributed by atoms with Gasteiger partial charge in [-0.3, -0.25) is 0 Å². The molecule has 4 heteroatoms. The summed E-state index contributed by atoms with van der Waals surface area (Å²) in [7, 11) is -3.10. The van der Waals surface area contributed by atoms with Gasteiger partial charge in [0.15, 0.2) is 9.84 Å². The molecule has 82 valence electrons. The molecule has 1 aromatic rings. The van der Waals surface area contributed by atoms with E-state index in [0.29, 0.717) is 4.90 Å². The maximum atomic E-state index is 12.0. The molecule has 0 fully saturated rings. The lowest BCUT2D eigenvalue weighted by molar-refractivity contribution is 0.588. The minimum Gasteiger partial charge on any atom is -0.380 e. The molecule has 1 heterocycles. The summed E-state index contributed by atoms with van der Waals surface area (Å²) in [6.45, 7) is 5.71. The summed E-state index contributed by atoms with van der Waals surface area (Å²) in [5.41, 5.74) is 2.68. The summed E-state index contributed by atoms with van der Waals surface area (Å²) in [5, 5.41) is 3.22. The molecule has 15 heavy (non-hydrogen) atoms. The lowest BCUT2D eigenvalue weighted by atomic mass is 10.1. The number of aryl methyl sites for hydroxylation is 2. The van der Waals surface area contributed by atoms with Gasteiger partial charge in [0.1, 0.15) is 0 Å². The second kappa shape index (κ2) is 3.23. The van der Waals surface area contributed by atoms with E-state index < -0.39 is 9.84 Å². The molecule has 0 saturated heterocycles. The van der Waals surface area contributed by atoms with Crippen LogP contribution < -0.4 is 5.32 Å². The van der Waals surface area contributed by atoms with Gasteiger partial charge in [0.05, 0.1) is 16.3 Å². The fourth-order valence-corrected chi connectivity index (χ4v) is 4.10. The van der Waals surface area contributed by atoms with Gasteiger partial charge >= 0.3 is 0 Å². The Labute approximate surface area is 90.4 Å². The molecule has 1 atom stereocenters. The largest absolute Gasteiger partial charge is 0.380 e. The molecule has 1 unspecified atom stereocenters. The molecule has 2 rings (SSSR count). The van der Waals surface area contributed by atoms with Gasteiger partial charge < -0.3 is 5.32 Å². The highest BCUT2D eigenvalue weighted by atomic mass is 32.2. The number of fused-ring (bicyclic) bond motifs is 1. The number of hydrogen-bond acceptors (Lipinski definition) is 3. The number of hydrogen-bond donors (Lipinski definition) is 1. The van der Waals surface area contributed by atoms with E-state index in [9.17, 15) is 8.42 Å². The first-order valence-electron chi connectivity index (χ1n) is 5.01. The normalized spacial score (nSPS) is 23.0. The molecule has 3 nitrogen and oxygen atoms in total. The van der Waals surface area contributed by atoms with Crippen LogP contribution in [-0.4, -0.2) is 20.2 Å². The molecule has 1 aromatic carbocycles. The van der Waals surface area contributed by atoms with Crippen LogP contribution in [0.25, 0.3) is 0 Å². The highest BCUT2D eigenvalue weighted by molar-refractivity contribution is 7.91. The SMILES string of the molecule is Cc1cc(C)c2c(c1)NC(C)CS2(=O)=O. The standard InChI is InChI=1S/C11H15NO2S/c1-7-4-8(2)11-10(5-7)12-9(3)6-15(11,13)14/h4-5,9,12H,6H2,1-3H3. The summed E-state index contributed by atoms with van der Waals surface area (Å²) in [6.07, 6.45) is 0. The van der Waals surface area contributed by atoms with Crippen molar-refractivity contribution in [2.24, 2.45) is 0 Å². The Bertz CT molecular complexity index is 506. The van der Waals surface area contributed by atoms with E-state index in [1.807, 2.05) is 32.9 Å². The first-order chi connectivity index (χ1) is 6.90. The van der Waals surface area contributed by atoms with Crippen molar-refractivity contribution in [2.45, 2.75) is 31.7 Å². The van der Waals surface area contributed by atoms with Crippen molar-refractivity contribution in [2.75, 3.05) is 11.1 Å². The Morgan fingerprint density at radius 3 is 2.67 bits per heavy atom. The van der Waals surface area contributed by atoms with Crippen molar-refractivity contribution in [3.05, 3.63) is 23.3 Å². The highest BCUT2D eigenvalue weighted by Crippen LogP contribution is 2.32. The van der Waals surface area contributed by atoms with E-state index in [0.717, 1.165) is 16.8 Å².